The third kappa shape index (κ3) is 5.90. The van der Waals surface area contributed by atoms with Gasteiger partial charge < -0.3 is 20.2 Å². The first kappa shape index (κ1) is 29.7. The van der Waals surface area contributed by atoms with Crippen LogP contribution in [0.1, 0.15) is 44.7 Å². The Labute approximate surface area is 257 Å². The van der Waals surface area contributed by atoms with E-state index in [0.29, 0.717) is 27.4 Å². The molecule has 4 aromatic rings. The van der Waals surface area contributed by atoms with Crippen molar-refractivity contribution in [1.29, 1.82) is 0 Å². The molecular formula is C31H32ClF3N6OS. The zero-order chi connectivity index (χ0) is 30.6. The summed E-state index contributed by atoms with van der Waals surface area (Å²) in [7, 11) is 0. The average molecular weight is 629 g/mol. The Bertz CT molecular complexity index is 1630. The zero-order valence-electron chi connectivity index (χ0n) is 24.0. The number of para-hydroxylation sites is 2. The molecule has 0 radical (unpaired) electrons. The number of piperidine rings is 1. The van der Waals surface area contributed by atoms with E-state index < -0.39 is 11.7 Å². The molecular weight excluding hydrogens is 597 g/mol. The smallest absolute Gasteiger partial charge is 0.417 e. The summed E-state index contributed by atoms with van der Waals surface area (Å²) in [5.41, 5.74) is 2.79. The van der Waals surface area contributed by atoms with Gasteiger partial charge in [-0.05, 0) is 67.7 Å². The van der Waals surface area contributed by atoms with Crippen LogP contribution in [0.15, 0.2) is 54.7 Å². The lowest BCUT2D eigenvalue weighted by molar-refractivity contribution is -0.137. The Morgan fingerprint density at radius 3 is 2.44 bits per heavy atom. The van der Waals surface area contributed by atoms with Gasteiger partial charge in [-0.25, -0.2) is 0 Å². The Kier molecular flexibility index (Phi) is 7.55. The number of anilines is 4. The van der Waals surface area contributed by atoms with Gasteiger partial charge in [-0.3, -0.25) is 4.98 Å². The van der Waals surface area contributed by atoms with Crippen molar-refractivity contribution >= 4 is 45.1 Å². The lowest BCUT2D eigenvalue weighted by Crippen LogP contribution is -2.46. The third-order valence-electron chi connectivity index (χ3n) is 8.05. The van der Waals surface area contributed by atoms with E-state index in [9.17, 15) is 18.3 Å². The van der Waals surface area contributed by atoms with E-state index in [1.165, 1.54) is 17.4 Å². The second kappa shape index (κ2) is 10.9. The van der Waals surface area contributed by atoms with Crippen molar-refractivity contribution in [3.8, 4) is 16.5 Å². The van der Waals surface area contributed by atoms with Crippen molar-refractivity contribution in [3.63, 3.8) is 0 Å². The summed E-state index contributed by atoms with van der Waals surface area (Å²) in [6, 6.07) is 13.5. The number of rotatable bonds is 5. The van der Waals surface area contributed by atoms with E-state index in [1.54, 1.807) is 12.1 Å². The maximum atomic E-state index is 13.0. The van der Waals surface area contributed by atoms with Crippen LogP contribution in [0, 0.1) is 5.41 Å². The molecule has 1 spiro atoms. The normalized spacial score (nSPS) is 17.0. The number of halogens is 4. The molecule has 0 saturated carbocycles. The standard InChI is InChI=1S/C31H32ClF3N6OS/c1-29(2,3)17-40-14-12-30(13-15-40)18-41(26-24(42)11-9-20(32)25(26)30)23-7-5-4-6-21(23)37-28-39-38-27(43-28)22-10-8-19(16-36-22)31(33,34)35/h4-11,16,42H,12-15,17-18H2,1-3H3,(H,37,39). The van der Waals surface area contributed by atoms with Crippen LogP contribution in [-0.4, -0.2) is 51.4 Å². The lowest BCUT2D eigenvalue weighted by atomic mass is 9.74. The summed E-state index contributed by atoms with van der Waals surface area (Å²) < 4.78 is 38.9. The molecule has 7 nitrogen and oxygen atoms in total. The van der Waals surface area contributed by atoms with E-state index in [1.807, 2.05) is 24.3 Å². The highest BCUT2D eigenvalue weighted by molar-refractivity contribution is 7.18. The van der Waals surface area contributed by atoms with E-state index in [4.69, 9.17) is 11.6 Å². The number of phenols is 1. The van der Waals surface area contributed by atoms with Crippen molar-refractivity contribution in [1.82, 2.24) is 20.1 Å². The van der Waals surface area contributed by atoms with Gasteiger partial charge in [0.05, 0.1) is 22.6 Å². The van der Waals surface area contributed by atoms with Crippen molar-refractivity contribution < 1.29 is 18.3 Å². The summed E-state index contributed by atoms with van der Waals surface area (Å²) >= 11 is 8.06. The predicted molar refractivity (Wildman–Crippen MR) is 165 cm³/mol. The molecule has 0 amide bonds. The summed E-state index contributed by atoms with van der Waals surface area (Å²) in [4.78, 5) is 8.59. The second-order valence-electron chi connectivity index (χ2n) is 12.5. The minimum atomic E-state index is -4.46. The van der Waals surface area contributed by atoms with Gasteiger partial charge in [0.25, 0.3) is 0 Å². The number of hydrogen-bond donors (Lipinski definition) is 2. The monoisotopic (exact) mass is 628 g/mol. The van der Waals surface area contributed by atoms with Crippen molar-refractivity contribution in [2.45, 2.75) is 45.2 Å². The number of likely N-dealkylation sites (tertiary alicyclic amines) is 1. The quantitative estimate of drug-likeness (QED) is 0.230. The molecule has 43 heavy (non-hydrogen) atoms. The first-order valence-electron chi connectivity index (χ1n) is 14.1. The number of nitrogens with zero attached hydrogens (tertiary/aromatic N) is 5. The van der Waals surface area contributed by atoms with Gasteiger partial charge in [-0.15, -0.1) is 10.2 Å². The molecule has 6 rings (SSSR count). The number of aromatic hydroxyl groups is 1. The maximum Gasteiger partial charge on any atom is 0.417 e. The molecule has 2 aliphatic rings. The molecule has 226 valence electrons. The molecule has 0 atom stereocenters. The minimum absolute atomic E-state index is 0.176. The number of benzene rings is 2. The van der Waals surface area contributed by atoms with Crippen LogP contribution in [0.5, 0.6) is 5.75 Å². The average Bonchev–Trinajstić information content (AvgIpc) is 3.55. The van der Waals surface area contributed by atoms with Gasteiger partial charge >= 0.3 is 6.18 Å². The van der Waals surface area contributed by atoms with Crippen molar-refractivity contribution in [3.05, 3.63) is 70.9 Å². The SMILES string of the molecule is CC(C)(C)CN1CCC2(CC1)CN(c1ccccc1Nc1nnc(-c3ccc(C(F)(F)F)cn3)s1)c1c(O)ccc(Cl)c12. The zero-order valence-corrected chi connectivity index (χ0v) is 25.6. The number of hydrogen-bond acceptors (Lipinski definition) is 8. The van der Waals surface area contributed by atoms with Gasteiger partial charge in [-0.2, -0.15) is 13.2 Å². The maximum absolute atomic E-state index is 13.0. The largest absolute Gasteiger partial charge is 0.506 e. The highest BCUT2D eigenvalue weighted by Crippen LogP contribution is 2.56. The Hall–Kier alpha value is -3.41. The second-order valence-corrected chi connectivity index (χ2v) is 13.9. The molecule has 0 unspecified atom stereocenters. The fourth-order valence-electron chi connectivity index (χ4n) is 6.21. The number of phenolic OH excluding ortho intramolecular Hbond substituents is 1. The predicted octanol–water partition coefficient (Wildman–Crippen LogP) is 8.25. The first-order chi connectivity index (χ1) is 20.3. The molecule has 1 saturated heterocycles. The Morgan fingerprint density at radius 1 is 1.02 bits per heavy atom. The highest BCUT2D eigenvalue weighted by atomic mass is 35.5. The van der Waals surface area contributed by atoms with Gasteiger partial charge in [-0.1, -0.05) is 55.8 Å². The van der Waals surface area contributed by atoms with Crippen LogP contribution >= 0.6 is 22.9 Å². The molecule has 4 heterocycles. The molecule has 12 heteroatoms. The Balaban J connectivity index is 1.29. The topological polar surface area (TPSA) is 77.4 Å². The fraction of sp³-hybridized carbons (Fsp3) is 0.387. The van der Waals surface area contributed by atoms with Gasteiger partial charge in [0.2, 0.25) is 5.13 Å². The van der Waals surface area contributed by atoms with Crippen LogP contribution in [0.25, 0.3) is 10.7 Å². The number of aromatic nitrogens is 3. The third-order valence-corrected chi connectivity index (χ3v) is 9.23. The summed E-state index contributed by atoms with van der Waals surface area (Å²) in [5, 5.41) is 24.4. The summed E-state index contributed by atoms with van der Waals surface area (Å²) in [5.74, 6) is 0.176. The molecule has 0 aliphatic carbocycles. The van der Waals surface area contributed by atoms with E-state index in [-0.39, 0.29) is 16.6 Å². The van der Waals surface area contributed by atoms with Crippen LogP contribution in [0.3, 0.4) is 0 Å². The Morgan fingerprint density at radius 2 is 1.77 bits per heavy atom. The lowest BCUT2D eigenvalue weighted by Gasteiger charge is -2.42. The van der Waals surface area contributed by atoms with Gasteiger partial charge in [0.15, 0.2) is 5.01 Å². The number of pyridine rings is 1. The van der Waals surface area contributed by atoms with Crippen LogP contribution in [-0.2, 0) is 11.6 Å². The van der Waals surface area contributed by atoms with Crippen LogP contribution < -0.4 is 10.2 Å². The molecule has 2 aromatic carbocycles. The number of fused-ring (bicyclic) bond motifs is 2. The summed E-state index contributed by atoms with van der Waals surface area (Å²) in [6.07, 6.45) is -1.82. The molecule has 0 bridgehead atoms. The van der Waals surface area contributed by atoms with Crippen LogP contribution in [0.4, 0.5) is 35.4 Å². The summed E-state index contributed by atoms with van der Waals surface area (Å²) in [6.45, 7) is 10.3. The molecule has 2 aromatic heterocycles. The van der Waals surface area contributed by atoms with Crippen molar-refractivity contribution in [2.24, 2.45) is 5.41 Å². The van der Waals surface area contributed by atoms with E-state index in [2.05, 4.69) is 51.1 Å². The van der Waals surface area contributed by atoms with Gasteiger partial charge in [0, 0.05) is 35.3 Å². The molecule has 2 N–H and O–H groups in total. The number of nitrogens with one attached hydrogen (secondary N) is 1. The number of alkyl halides is 3. The molecule has 1 fully saturated rings. The fourth-order valence-corrected chi connectivity index (χ4v) is 7.30. The van der Waals surface area contributed by atoms with Crippen molar-refractivity contribution in [2.75, 3.05) is 36.4 Å². The van der Waals surface area contributed by atoms with E-state index >= 15 is 0 Å². The minimum Gasteiger partial charge on any atom is -0.506 e. The molecule has 2 aliphatic heterocycles. The van der Waals surface area contributed by atoms with Gasteiger partial charge in [0.1, 0.15) is 11.4 Å². The highest BCUT2D eigenvalue weighted by Gasteiger charge is 2.48. The van der Waals surface area contributed by atoms with E-state index in [0.717, 1.165) is 67.4 Å². The van der Waals surface area contributed by atoms with Crippen LogP contribution in [0.2, 0.25) is 5.02 Å². The first-order valence-corrected chi connectivity index (χ1v) is 15.3.